The third kappa shape index (κ3) is 2.28. The first kappa shape index (κ1) is 14.4. The maximum Gasteiger partial charge on any atom is 0.200 e. The van der Waals surface area contributed by atoms with E-state index in [1.165, 1.54) is 10.8 Å². The SMILES string of the molecule is OC(c1cscc1Br)c1c(F)c(F)c(F)c(F)c1F. The van der Waals surface area contributed by atoms with Gasteiger partial charge in [-0.2, -0.15) is 11.3 Å². The molecule has 1 aromatic carbocycles. The van der Waals surface area contributed by atoms with Gasteiger partial charge in [-0.1, -0.05) is 0 Å². The van der Waals surface area contributed by atoms with Gasteiger partial charge in [0.2, 0.25) is 5.82 Å². The predicted molar refractivity (Wildman–Crippen MR) is 62.3 cm³/mol. The summed E-state index contributed by atoms with van der Waals surface area (Å²) in [4.78, 5) is 0. The second-order valence-corrected chi connectivity index (χ2v) is 5.16. The smallest absolute Gasteiger partial charge is 0.200 e. The molecule has 1 atom stereocenters. The molecule has 0 saturated carbocycles. The standard InChI is InChI=1S/C11H4BrF5OS/c12-4-2-19-1-3(4)11(18)5-6(13)8(15)10(17)9(16)7(5)14/h1-2,11,18H. The van der Waals surface area contributed by atoms with Crippen molar-refractivity contribution in [2.24, 2.45) is 0 Å². The molecule has 1 nitrogen and oxygen atoms in total. The van der Waals surface area contributed by atoms with Crippen LogP contribution in [0.15, 0.2) is 15.2 Å². The lowest BCUT2D eigenvalue weighted by atomic mass is 10.0. The maximum atomic E-state index is 13.5. The van der Waals surface area contributed by atoms with Gasteiger partial charge in [0.1, 0.15) is 6.10 Å². The van der Waals surface area contributed by atoms with Crippen LogP contribution in [0.1, 0.15) is 17.2 Å². The molecule has 1 heterocycles. The normalized spacial score (nSPS) is 12.8. The Morgan fingerprint density at radius 3 is 1.79 bits per heavy atom. The van der Waals surface area contributed by atoms with Crippen molar-refractivity contribution in [3.63, 3.8) is 0 Å². The fourth-order valence-electron chi connectivity index (χ4n) is 1.50. The largest absolute Gasteiger partial charge is 0.383 e. The highest BCUT2D eigenvalue weighted by molar-refractivity contribution is 9.10. The van der Waals surface area contributed by atoms with Crippen molar-refractivity contribution in [1.82, 2.24) is 0 Å². The zero-order valence-corrected chi connectivity index (χ0v) is 11.3. The van der Waals surface area contributed by atoms with Crippen LogP contribution >= 0.6 is 27.3 Å². The number of hydrogen-bond donors (Lipinski definition) is 1. The molecule has 0 spiro atoms. The van der Waals surface area contributed by atoms with Crippen molar-refractivity contribution in [1.29, 1.82) is 0 Å². The number of hydrogen-bond acceptors (Lipinski definition) is 2. The summed E-state index contributed by atoms with van der Waals surface area (Å²) in [5.74, 6) is -10.5. The molecule has 0 radical (unpaired) electrons. The first-order valence-electron chi connectivity index (χ1n) is 4.77. The zero-order valence-electron chi connectivity index (χ0n) is 8.86. The van der Waals surface area contributed by atoms with Crippen molar-refractivity contribution >= 4 is 27.3 Å². The van der Waals surface area contributed by atoms with Crippen LogP contribution in [0.3, 0.4) is 0 Å². The molecule has 0 aliphatic rings. The Morgan fingerprint density at radius 1 is 0.895 bits per heavy atom. The van der Waals surface area contributed by atoms with Crippen molar-refractivity contribution in [2.45, 2.75) is 6.10 Å². The Hall–Kier alpha value is -0.990. The lowest BCUT2D eigenvalue weighted by molar-refractivity contribution is 0.202. The Balaban J connectivity index is 2.67. The molecule has 2 aromatic rings. The minimum Gasteiger partial charge on any atom is -0.383 e. The number of aliphatic hydroxyl groups is 1. The van der Waals surface area contributed by atoms with E-state index in [2.05, 4.69) is 15.9 Å². The van der Waals surface area contributed by atoms with E-state index in [0.717, 1.165) is 11.3 Å². The van der Waals surface area contributed by atoms with Gasteiger partial charge in [-0.3, -0.25) is 0 Å². The second kappa shape index (κ2) is 5.18. The minimum absolute atomic E-state index is 0.0215. The van der Waals surface area contributed by atoms with Crippen LogP contribution in [-0.2, 0) is 0 Å². The number of rotatable bonds is 2. The van der Waals surface area contributed by atoms with Crippen molar-refractivity contribution in [3.05, 3.63) is 55.4 Å². The average Bonchev–Trinajstić information content (AvgIpc) is 2.80. The number of thiophene rings is 1. The fourth-order valence-corrected chi connectivity index (χ4v) is 3.04. The van der Waals surface area contributed by atoms with Gasteiger partial charge in [0.05, 0.1) is 5.56 Å². The van der Waals surface area contributed by atoms with Gasteiger partial charge in [-0.15, -0.1) is 0 Å². The molecule has 0 bridgehead atoms. The van der Waals surface area contributed by atoms with E-state index >= 15 is 0 Å². The lowest BCUT2D eigenvalue weighted by Crippen LogP contribution is -2.12. The van der Waals surface area contributed by atoms with Gasteiger partial charge in [0.15, 0.2) is 23.3 Å². The molecule has 102 valence electrons. The highest BCUT2D eigenvalue weighted by Crippen LogP contribution is 2.35. The molecule has 1 N–H and O–H groups in total. The van der Waals surface area contributed by atoms with Gasteiger partial charge in [-0.25, -0.2) is 22.0 Å². The van der Waals surface area contributed by atoms with E-state index < -0.39 is 40.8 Å². The molecule has 1 unspecified atom stereocenters. The Labute approximate surface area is 116 Å². The third-order valence-corrected chi connectivity index (χ3v) is 4.21. The molecule has 0 fully saturated rings. The van der Waals surface area contributed by atoms with E-state index in [1.54, 1.807) is 0 Å². The molecular weight excluding hydrogens is 355 g/mol. The summed E-state index contributed by atoms with van der Waals surface area (Å²) in [6.45, 7) is 0. The highest BCUT2D eigenvalue weighted by atomic mass is 79.9. The summed E-state index contributed by atoms with van der Waals surface area (Å²) in [6.07, 6.45) is -1.95. The van der Waals surface area contributed by atoms with Crippen molar-refractivity contribution < 1.29 is 27.1 Å². The fraction of sp³-hybridized carbons (Fsp3) is 0.0909. The van der Waals surface area contributed by atoms with Gasteiger partial charge in [-0.05, 0) is 21.3 Å². The summed E-state index contributed by atoms with van der Waals surface area (Å²) >= 11 is 4.11. The number of halogens is 6. The molecule has 8 heteroatoms. The lowest BCUT2D eigenvalue weighted by Gasteiger charge is -2.14. The Kier molecular flexibility index (Phi) is 3.93. The molecule has 0 saturated heterocycles. The topological polar surface area (TPSA) is 20.2 Å². The number of benzene rings is 1. The molecule has 0 aliphatic carbocycles. The first-order chi connectivity index (χ1) is 8.86. The highest BCUT2D eigenvalue weighted by Gasteiger charge is 2.31. The van der Waals surface area contributed by atoms with E-state index in [-0.39, 0.29) is 5.56 Å². The molecule has 2 rings (SSSR count). The van der Waals surface area contributed by atoms with E-state index in [4.69, 9.17) is 0 Å². The molecule has 0 amide bonds. The molecular formula is C11H4BrF5OS. The summed E-state index contributed by atoms with van der Waals surface area (Å²) in [5.41, 5.74) is -1.25. The summed E-state index contributed by atoms with van der Waals surface area (Å²) in [7, 11) is 0. The van der Waals surface area contributed by atoms with Crippen molar-refractivity contribution in [2.75, 3.05) is 0 Å². The van der Waals surface area contributed by atoms with Gasteiger partial charge < -0.3 is 5.11 Å². The van der Waals surface area contributed by atoms with Crippen LogP contribution in [0.5, 0.6) is 0 Å². The van der Waals surface area contributed by atoms with Gasteiger partial charge in [0.25, 0.3) is 0 Å². The van der Waals surface area contributed by atoms with Crippen LogP contribution in [-0.4, -0.2) is 5.11 Å². The quantitative estimate of drug-likeness (QED) is 0.482. The Morgan fingerprint density at radius 2 is 1.37 bits per heavy atom. The van der Waals surface area contributed by atoms with Crippen molar-refractivity contribution in [3.8, 4) is 0 Å². The zero-order chi connectivity index (χ0) is 14.3. The van der Waals surface area contributed by atoms with E-state index in [0.29, 0.717) is 4.47 Å². The second-order valence-electron chi connectivity index (χ2n) is 3.56. The van der Waals surface area contributed by atoms with E-state index in [9.17, 15) is 27.1 Å². The molecule has 0 aliphatic heterocycles. The number of aliphatic hydroxyl groups excluding tert-OH is 1. The molecule has 19 heavy (non-hydrogen) atoms. The van der Waals surface area contributed by atoms with Crippen LogP contribution in [0, 0.1) is 29.1 Å². The maximum absolute atomic E-state index is 13.5. The molecule has 1 aromatic heterocycles. The Bertz CT molecular complexity index is 613. The summed E-state index contributed by atoms with van der Waals surface area (Å²) in [5, 5.41) is 12.6. The van der Waals surface area contributed by atoms with Gasteiger partial charge >= 0.3 is 0 Å². The van der Waals surface area contributed by atoms with E-state index in [1.807, 2.05) is 0 Å². The predicted octanol–water partition coefficient (Wildman–Crippen LogP) is 4.29. The summed E-state index contributed by atoms with van der Waals surface area (Å²) in [6, 6.07) is 0. The van der Waals surface area contributed by atoms with Crippen LogP contribution in [0.2, 0.25) is 0 Å². The monoisotopic (exact) mass is 358 g/mol. The third-order valence-electron chi connectivity index (χ3n) is 2.45. The average molecular weight is 359 g/mol. The van der Waals surface area contributed by atoms with Crippen LogP contribution in [0.4, 0.5) is 22.0 Å². The van der Waals surface area contributed by atoms with Crippen LogP contribution in [0.25, 0.3) is 0 Å². The minimum atomic E-state index is -2.25. The van der Waals surface area contributed by atoms with Crippen LogP contribution < -0.4 is 0 Å². The summed E-state index contributed by atoms with van der Waals surface area (Å²) < 4.78 is 66.2. The van der Waals surface area contributed by atoms with Gasteiger partial charge in [0, 0.05) is 15.4 Å². The first-order valence-corrected chi connectivity index (χ1v) is 6.50.